The van der Waals surface area contributed by atoms with Gasteiger partial charge in [-0.05, 0) is 57.4 Å². The van der Waals surface area contributed by atoms with Crippen molar-refractivity contribution in [3.63, 3.8) is 0 Å². The second-order valence-electron chi connectivity index (χ2n) is 9.63. The number of alkyl halides is 3. The average molecular weight is 552 g/mol. The zero-order chi connectivity index (χ0) is 29.2. The van der Waals surface area contributed by atoms with E-state index in [0.29, 0.717) is 6.42 Å². The molecule has 2 aromatic rings. The maximum absolute atomic E-state index is 13.1. The number of ether oxygens (including phenoxy) is 2. The Morgan fingerprint density at radius 3 is 2.13 bits per heavy atom. The Labute approximate surface area is 224 Å². The standard InChI is InChI=1S/C27H32F3N3O6/c1-26(2,3)39-25(37)33-21(16-22(34)38-4)24(36)32-20(14-13-17-9-6-5-7-10-17)23(35)31-19-12-8-11-18(15-19)27(28,29)30/h5-12,15,20-21H,13-14,16H2,1-4H3,(H,31,35)(H,32,36)(H,33,37). The van der Waals surface area contributed by atoms with Gasteiger partial charge in [0.25, 0.3) is 0 Å². The molecule has 12 heteroatoms. The van der Waals surface area contributed by atoms with E-state index < -0.39 is 59.7 Å². The molecule has 0 saturated heterocycles. The van der Waals surface area contributed by atoms with Crippen molar-refractivity contribution in [2.75, 3.05) is 12.4 Å². The van der Waals surface area contributed by atoms with Crippen LogP contribution in [0.1, 0.15) is 44.7 Å². The van der Waals surface area contributed by atoms with Crippen LogP contribution in [-0.4, -0.2) is 48.7 Å². The number of aryl methyl sites for hydroxylation is 1. The van der Waals surface area contributed by atoms with E-state index in [1.54, 1.807) is 32.9 Å². The molecular weight excluding hydrogens is 519 g/mol. The number of anilines is 1. The Hall–Kier alpha value is -4.09. The van der Waals surface area contributed by atoms with E-state index in [1.165, 1.54) is 6.07 Å². The van der Waals surface area contributed by atoms with Gasteiger partial charge in [-0.1, -0.05) is 36.4 Å². The van der Waals surface area contributed by atoms with Crippen molar-refractivity contribution in [3.05, 3.63) is 65.7 Å². The number of methoxy groups -OCH3 is 1. The quantitative estimate of drug-likeness (QED) is 0.380. The molecule has 3 N–H and O–H groups in total. The van der Waals surface area contributed by atoms with E-state index in [0.717, 1.165) is 30.9 Å². The highest BCUT2D eigenvalue weighted by Crippen LogP contribution is 2.30. The molecule has 2 unspecified atom stereocenters. The number of amides is 3. The lowest BCUT2D eigenvalue weighted by atomic mass is 10.0. The number of carbonyl (C=O) groups is 4. The fourth-order valence-corrected chi connectivity index (χ4v) is 3.41. The molecule has 0 aliphatic heterocycles. The van der Waals surface area contributed by atoms with Gasteiger partial charge in [-0.3, -0.25) is 14.4 Å². The molecule has 0 aliphatic rings. The summed E-state index contributed by atoms with van der Waals surface area (Å²) in [5.74, 6) is -2.48. The predicted molar refractivity (Wildman–Crippen MR) is 137 cm³/mol. The van der Waals surface area contributed by atoms with Gasteiger partial charge < -0.3 is 25.4 Å². The van der Waals surface area contributed by atoms with Gasteiger partial charge in [-0.15, -0.1) is 0 Å². The Morgan fingerprint density at radius 1 is 0.872 bits per heavy atom. The van der Waals surface area contributed by atoms with E-state index in [-0.39, 0.29) is 12.1 Å². The SMILES string of the molecule is COC(=O)CC(NC(=O)OC(C)(C)C)C(=O)NC(CCc1ccccc1)C(=O)Nc1cccc(C(F)(F)F)c1. The fraction of sp³-hybridized carbons (Fsp3) is 0.407. The summed E-state index contributed by atoms with van der Waals surface area (Å²) in [7, 11) is 1.11. The second-order valence-corrected chi connectivity index (χ2v) is 9.63. The molecule has 0 spiro atoms. The topological polar surface area (TPSA) is 123 Å². The number of esters is 1. The first-order chi connectivity index (χ1) is 18.2. The second kappa shape index (κ2) is 13.6. The summed E-state index contributed by atoms with van der Waals surface area (Å²) in [6.45, 7) is 4.83. The first kappa shape index (κ1) is 31.1. The van der Waals surface area contributed by atoms with E-state index in [9.17, 15) is 32.3 Å². The maximum atomic E-state index is 13.1. The van der Waals surface area contributed by atoms with Crippen LogP contribution in [0.15, 0.2) is 54.6 Å². The van der Waals surface area contributed by atoms with Crippen molar-refractivity contribution in [2.45, 2.75) is 63.9 Å². The molecule has 0 bridgehead atoms. The molecule has 0 fully saturated rings. The smallest absolute Gasteiger partial charge is 0.416 e. The summed E-state index contributed by atoms with van der Waals surface area (Å²) >= 11 is 0. The summed E-state index contributed by atoms with van der Waals surface area (Å²) in [4.78, 5) is 50.5. The van der Waals surface area contributed by atoms with Gasteiger partial charge in [-0.25, -0.2) is 4.79 Å². The lowest BCUT2D eigenvalue weighted by Gasteiger charge is -2.25. The molecule has 2 rings (SSSR count). The number of halogens is 3. The molecule has 212 valence electrons. The van der Waals surface area contributed by atoms with Crippen molar-refractivity contribution >= 4 is 29.6 Å². The largest absolute Gasteiger partial charge is 0.469 e. The van der Waals surface area contributed by atoms with Gasteiger partial charge >= 0.3 is 18.2 Å². The minimum absolute atomic E-state index is 0.0674. The van der Waals surface area contributed by atoms with Crippen LogP contribution in [0.5, 0.6) is 0 Å². The van der Waals surface area contributed by atoms with Crippen molar-refractivity contribution in [1.82, 2.24) is 10.6 Å². The number of nitrogens with one attached hydrogen (secondary N) is 3. The molecule has 0 aliphatic carbocycles. The monoisotopic (exact) mass is 551 g/mol. The number of carbonyl (C=O) groups excluding carboxylic acids is 4. The molecular formula is C27H32F3N3O6. The number of hydrogen-bond donors (Lipinski definition) is 3. The van der Waals surface area contributed by atoms with E-state index in [1.807, 2.05) is 18.2 Å². The van der Waals surface area contributed by atoms with Gasteiger partial charge in [0.05, 0.1) is 19.1 Å². The molecule has 2 atom stereocenters. The Balaban J connectivity index is 2.26. The Kier molecular flexibility index (Phi) is 10.9. The van der Waals surface area contributed by atoms with Crippen LogP contribution in [0.25, 0.3) is 0 Å². The first-order valence-corrected chi connectivity index (χ1v) is 12.1. The number of benzene rings is 2. The minimum atomic E-state index is -4.61. The van der Waals surface area contributed by atoms with Gasteiger partial charge in [0.2, 0.25) is 11.8 Å². The normalized spacial score (nSPS) is 13.0. The van der Waals surface area contributed by atoms with Crippen LogP contribution < -0.4 is 16.0 Å². The highest BCUT2D eigenvalue weighted by atomic mass is 19.4. The van der Waals surface area contributed by atoms with E-state index in [4.69, 9.17) is 4.74 Å². The zero-order valence-electron chi connectivity index (χ0n) is 22.1. The van der Waals surface area contributed by atoms with Gasteiger partial charge in [0, 0.05) is 5.69 Å². The number of rotatable bonds is 10. The molecule has 2 aromatic carbocycles. The maximum Gasteiger partial charge on any atom is 0.416 e. The molecule has 0 saturated carbocycles. The van der Waals surface area contributed by atoms with Crippen molar-refractivity contribution in [1.29, 1.82) is 0 Å². The van der Waals surface area contributed by atoms with Crippen LogP contribution in [0, 0.1) is 0 Å². The van der Waals surface area contributed by atoms with E-state index in [2.05, 4.69) is 20.7 Å². The third kappa shape index (κ3) is 11.0. The van der Waals surface area contributed by atoms with Crippen LogP contribution in [0.3, 0.4) is 0 Å². The molecule has 0 heterocycles. The lowest BCUT2D eigenvalue weighted by molar-refractivity contribution is -0.143. The highest BCUT2D eigenvalue weighted by Gasteiger charge is 2.32. The lowest BCUT2D eigenvalue weighted by Crippen LogP contribution is -2.54. The van der Waals surface area contributed by atoms with Crippen molar-refractivity contribution in [2.24, 2.45) is 0 Å². The molecule has 0 radical (unpaired) electrons. The number of alkyl carbamates (subject to hydrolysis) is 1. The van der Waals surface area contributed by atoms with Crippen LogP contribution in [0.2, 0.25) is 0 Å². The zero-order valence-corrected chi connectivity index (χ0v) is 22.1. The summed E-state index contributed by atoms with van der Waals surface area (Å²) < 4.78 is 49.1. The van der Waals surface area contributed by atoms with Crippen molar-refractivity contribution < 1.29 is 41.8 Å². The summed E-state index contributed by atoms with van der Waals surface area (Å²) in [5, 5.41) is 7.20. The molecule has 3 amide bonds. The minimum Gasteiger partial charge on any atom is -0.469 e. The molecule has 39 heavy (non-hydrogen) atoms. The van der Waals surface area contributed by atoms with Crippen LogP contribution in [-0.2, 0) is 36.5 Å². The Bertz CT molecular complexity index is 1150. The van der Waals surface area contributed by atoms with Gasteiger partial charge in [-0.2, -0.15) is 13.2 Å². The number of hydrogen-bond acceptors (Lipinski definition) is 6. The predicted octanol–water partition coefficient (Wildman–Crippen LogP) is 4.22. The van der Waals surface area contributed by atoms with Crippen LogP contribution in [0.4, 0.5) is 23.7 Å². The Morgan fingerprint density at radius 2 is 1.54 bits per heavy atom. The summed E-state index contributed by atoms with van der Waals surface area (Å²) in [5.41, 5.74) is -1.11. The molecule has 9 nitrogen and oxygen atoms in total. The van der Waals surface area contributed by atoms with Crippen molar-refractivity contribution in [3.8, 4) is 0 Å². The first-order valence-electron chi connectivity index (χ1n) is 12.1. The van der Waals surface area contributed by atoms with Gasteiger partial charge in [0.15, 0.2) is 0 Å². The average Bonchev–Trinajstić information content (AvgIpc) is 2.85. The highest BCUT2D eigenvalue weighted by molar-refractivity contribution is 5.99. The molecule has 0 aromatic heterocycles. The summed E-state index contributed by atoms with van der Waals surface area (Å²) in [6.07, 6.45) is -5.74. The summed E-state index contributed by atoms with van der Waals surface area (Å²) in [6, 6.07) is 10.4. The fourth-order valence-electron chi connectivity index (χ4n) is 3.41. The third-order valence-corrected chi connectivity index (χ3v) is 5.26. The van der Waals surface area contributed by atoms with Gasteiger partial charge in [0.1, 0.15) is 17.7 Å². The van der Waals surface area contributed by atoms with E-state index >= 15 is 0 Å². The van der Waals surface area contributed by atoms with Crippen LogP contribution >= 0.6 is 0 Å². The third-order valence-electron chi connectivity index (χ3n) is 5.26.